The summed E-state index contributed by atoms with van der Waals surface area (Å²) in [5, 5.41) is 8.66. The predicted octanol–water partition coefficient (Wildman–Crippen LogP) is 0.922. The largest absolute Gasteiger partial charge is 0.475 e. The molecule has 0 saturated heterocycles. The molecule has 0 unspecified atom stereocenters. The number of pyridine rings is 1. The fourth-order valence-electron chi connectivity index (χ4n) is 0.733. The third-order valence-electron chi connectivity index (χ3n) is 1.31. The van der Waals surface area contributed by atoms with Crippen molar-refractivity contribution in [2.24, 2.45) is 0 Å². The highest BCUT2D eigenvalue weighted by Gasteiger charge is 1.94. The molecule has 1 N–H and O–H groups in total. The van der Waals surface area contributed by atoms with E-state index in [1.807, 2.05) is 0 Å². The number of hydrogen-bond donors (Lipinski definition) is 1. The van der Waals surface area contributed by atoms with Gasteiger partial charge in [-0.25, -0.2) is 9.37 Å². The molecule has 1 aromatic heterocycles. The fourth-order valence-corrected chi connectivity index (χ4v) is 0.733. The number of alkyl halides is 1. The molecule has 0 aliphatic carbocycles. The molecule has 0 aliphatic heterocycles. The third kappa shape index (κ3) is 2.47. The summed E-state index contributed by atoms with van der Waals surface area (Å²) >= 11 is 0. The number of rotatable bonds is 4. The van der Waals surface area contributed by atoms with Crippen LogP contribution < -0.4 is 4.74 Å². The summed E-state index contributed by atoms with van der Waals surface area (Å²) in [6.07, 6.45) is 1.49. The van der Waals surface area contributed by atoms with Crippen LogP contribution in [0.15, 0.2) is 18.3 Å². The molecule has 0 spiro atoms. The summed E-state index contributed by atoms with van der Waals surface area (Å²) in [5.74, 6) is 0.379. The zero-order valence-corrected chi connectivity index (χ0v) is 6.53. The predicted molar refractivity (Wildman–Crippen MR) is 41.6 cm³/mol. The van der Waals surface area contributed by atoms with Crippen LogP contribution in [-0.4, -0.2) is 23.4 Å². The Morgan fingerprint density at radius 2 is 2.33 bits per heavy atom. The molecule has 0 saturated carbocycles. The molecule has 4 heteroatoms. The highest BCUT2D eigenvalue weighted by Crippen LogP contribution is 2.06. The molecular weight excluding hydrogens is 161 g/mol. The fraction of sp³-hybridized carbons (Fsp3) is 0.375. The third-order valence-corrected chi connectivity index (χ3v) is 1.31. The van der Waals surface area contributed by atoms with E-state index in [-0.39, 0.29) is 13.2 Å². The maximum atomic E-state index is 11.6. The summed E-state index contributed by atoms with van der Waals surface area (Å²) < 4.78 is 16.5. The van der Waals surface area contributed by atoms with Gasteiger partial charge in [0.05, 0.1) is 6.61 Å². The van der Waals surface area contributed by atoms with Crippen LogP contribution in [0.3, 0.4) is 0 Å². The summed E-state index contributed by atoms with van der Waals surface area (Å²) in [7, 11) is 0. The van der Waals surface area contributed by atoms with Gasteiger partial charge in [-0.3, -0.25) is 0 Å². The summed E-state index contributed by atoms with van der Waals surface area (Å²) in [4.78, 5) is 3.84. The molecule has 1 heterocycles. The van der Waals surface area contributed by atoms with Gasteiger partial charge in [0.25, 0.3) is 0 Å². The maximum absolute atomic E-state index is 11.6. The van der Waals surface area contributed by atoms with Crippen LogP contribution in [0.1, 0.15) is 5.56 Å². The Labute approximate surface area is 69.8 Å². The number of aliphatic hydroxyl groups excluding tert-OH is 1. The molecule has 1 aromatic rings. The highest BCUT2D eigenvalue weighted by atomic mass is 19.1. The van der Waals surface area contributed by atoms with Crippen molar-refractivity contribution >= 4 is 0 Å². The van der Waals surface area contributed by atoms with E-state index >= 15 is 0 Å². The van der Waals surface area contributed by atoms with E-state index in [1.54, 1.807) is 12.1 Å². The van der Waals surface area contributed by atoms with Gasteiger partial charge >= 0.3 is 0 Å². The van der Waals surface area contributed by atoms with E-state index in [9.17, 15) is 4.39 Å². The lowest BCUT2D eigenvalue weighted by molar-refractivity contribution is 0.262. The first-order valence-corrected chi connectivity index (χ1v) is 3.61. The van der Waals surface area contributed by atoms with Crippen molar-refractivity contribution < 1.29 is 14.2 Å². The molecule has 1 rings (SSSR count). The lowest BCUT2D eigenvalue weighted by atomic mass is 10.3. The average molecular weight is 171 g/mol. The van der Waals surface area contributed by atoms with Gasteiger partial charge in [-0.15, -0.1) is 0 Å². The molecule has 0 aromatic carbocycles. The van der Waals surface area contributed by atoms with E-state index in [2.05, 4.69) is 4.98 Å². The Morgan fingerprint density at radius 1 is 1.50 bits per heavy atom. The van der Waals surface area contributed by atoms with Gasteiger partial charge in [0.2, 0.25) is 5.88 Å². The number of aliphatic hydroxyl groups is 1. The molecule has 0 radical (unpaired) electrons. The van der Waals surface area contributed by atoms with Crippen molar-refractivity contribution in [1.82, 2.24) is 4.98 Å². The number of ether oxygens (including phenoxy) is 1. The van der Waals surface area contributed by atoms with Crippen LogP contribution in [0.2, 0.25) is 0 Å². The van der Waals surface area contributed by atoms with Gasteiger partial charge in [-0.1, -0.05) is 0 Å². The van der Waals surface area contributed by atoms with Crippen molar-refractivity contribution in [2.45, 2.75) is 6.61 Å². The first kappa shape index (κ1) is 8.93. The molecule has 0 atom stereocenters. The quantitative estimate of drug-likeness (QED) is 0.732. The first-order valence-electron chi connectivity index (χ1n) is 3.61. The second-order valence-electron chi connectivity index (χ2n) is 2.20. The van der Waals surface area contributed by atoms with Crippen molar-refractivity contribution in [2.75, 3.05) is 13.3 Å². The van der Waals surface area contributed by atoms with E-state index < -0.39 is 6.67 Å². The standard InChI is InChI=1S/C8H10FNO2/c9-3-4-12-8-2-1-7(6-11)5-10-8/h1-2,5,11H,3-4,6H2. The monoisotopic (exact) mass is 171 g/mol. The Morgan fingerprint density at radius 3 is 2.83 bits per heavy atom. The van der Waals surface area contributed by atoms with Gasteiger partial charge in [-0.05, 0) is 11.6 Å². The smallest absolute Gasteiger partial charge is 0.213 e. The van der Waals surface area contributed by atoms with Gasteiger partial charge in [-0.2, -0.15) is 0 Å². The first-order chi connectivity index (χ1) is 5.86. The summed E-state index contributed by atoms with van der Waals surface area (Å²) in [6.45, 7) is -0.550. The second-order valence-corrected chi connectivity index (χ2v) is 2.20. The van der Waals surface area contributed by atoms with Gasteiger partial charge in [0, 0.05) is 12.3 Å². The molecule has 3 nitrogen and oxygen atoms in total. The van der Waals surface area contributed by atoms with E-state index in [4.69, 9.17) is 9.84 Å². The lowest BCUT2D eigenvalue weighted by Crippen LogP contribution is -2.00. The van der Waals surface area contributed by atoms with Gasteiger partial charge in [0.1, 0.15) is 13.3 Å². The van der Waals surface area contributed by atoms with E-state index in [0.717, 1.165) is 0 Å². The molecule has 0 aliphatic rings. The zero-order chi connectivity index (χ0) is 8.81. The topological polar surface area (TPSA) is 42.4 Å². The normalized spacial score (nSPS) is 9.83. The van der Waals surface area contributed by atoms with E-state index in [1.165, 1.54) is 6.20 Å². The van der Waals surface area contributed by atoms with Gasteiger partial charge < -0.3 is 9.84 Å². The van der Waals surface area contributed by atoms with Crippen LogP contribution in [0, 0.1) is 0 Å². The molecule has 0 fully saturated rings. The Balaban J connectivity index is 2.53. The SMILES string of the molecule is OCc1ccc(OCCF)nc1. The maximum Gasteiger partial charge on any atom is 0.213 e. The van der Waals surface area contributed by atoms with Crippen molar-refractivity contribution in [3.63, 3.8) is 0 Å². The minimum Gasteiger partial charge on any atom is -0.475 e. The summed E-state index contributed by atoms with van der Waals surface area (Å²) in [6, 6.07) is 3.28. The minimum absolute atomic E-state index is 0.0193. The van der Waals surface area contributed by atoms with Crippen LogP contribution >= 0.6 is 0 Å². The molecule has 0 amide bonds. The van der Waals surface area contributed by atoms with Crippen molar-refractivity contribution in [3.05, 3.63) is 23.9 Å². The zero-order valence-electron chi connectivity index (χ0n) is 6.53. The second kappa shape index (κ2) is 4.66. The van der Waals surface area contributed by atoms with E-state index in [0.29, 0.717) is 11.4 Å². The molecule has 0 bridgehead atoms. The Kier molecular flexibility index (Phi) is 3.47. The van der Waals surface area contributed by atoms with Crippen molar-refractivity contribution in [3.8, 4) is 5.88 Å². The lowest BCUT2D eigenvalue weighted by Gasteiger charge is -2.01. The number of halogens is 1. The average Bonchev–Trinajstić information content (AvgIpc) is 2.15. The molecular formula is C8H10FNO2. The number of aromatic nitrogens is 1. The number of hydrogen-bond acceptors (Lipinski definition) is 3. The van der Waals surface area contributed by atoms with Crippen molar-refractivity contribution in [1.29, 1.82) is 0 Å². The van der Waals surface area contributed by atoms with Gasteiger partial charge in [0.15, 0.2) is 0 Å². The van der Waals surface area contributed by atoms with Crippen LogP contribution in [0.25, 0.3) is 0 Å². The minimum atomic E-state index is -0.524. The van der Waals surface area contributed by atoms with Crippen LogP contribution in [0.5, 0.6) is 5.88 Å². The molecule has 66 valence electrons. The Hall–Kier alpha value is -1.16. The summed E-state index contributed by atoms with van der Waals surface area (Å²) in [5.41, 5.74) is 0.711. The molecule has 12 heavy (non-hydrogen) atoms. The van der Waals surface area contributed by atoms with Crippen LogP contribution in [0.4, 0.5) is 4.39 Å². The highest BCUT2D eigenvalue weighted by molar-refractivity contribution is 5.16. The Bertz CT molecular complexity index is 225. The number of nitrogens with zero attached hydrogens (tertiary/aromatic N) is 1. The van der Waals surface area contributed by atoms with Crippen LogP contribution in [-0.2, 0) is 6.61 Å².